The molecule has 3 heterocycles. The van der Waals surface area contributed by atoms with Crippen molar-refractivity contribution in [2.75, 3.05) is 6.54 Å². The van der Waals surface area contributed by atoms with Gasteiger partial charge in [0.25, 0.3) is 5.56 Å². The highest BCUT2D eigenvalue weighted by molar-refractivity contribution is 7.16. The number of benzene rings is 2. The van der Waals surface area contributed by atoms with Gasteiger partial charge in [-0.25, -0.2) is 9.37 Å². The van der Waals surface area contributed by atoms with Crippen molar-refractivity contribution in [1.82, 2.24) is 19.5 Å². The number of likely N-dealkylation sites (tertiary alicyclic amines) is 1. The van der Waals surface area contributed by atoms with Gasteiger partial charge < -0.3 is 4.90 Å². The number of rotatable bonds is 3. The van der Waals surface area contributed by atoms with Gasteiger partial charge in [-0.1, -0.05) is 41.7 Å². The second kappa shape index (κ2) is 7.04. The molecule has 29 heavy (non-hydrogen) atoms. The predicted octanol–water partition coefficient (Wildman–Crippen LogP) is 3.35. The number of carbonyl (C=O) groups excluding carboxylic acids is 1. The molecule has 2 aromatic carbocycles. The van der Waals surface area contributed by atoms with Crippen molar-refractivity contribution in [2.45, 2.75) is 25.3 Å². The quantitative estimate of drug-likeness (QED) is 0.521. The van der Waals surface area contributed by atoms with Gasteiger partial charge in [0.15, 0.2) is 0 Å². The zero-order valence-electron chi connectivity index (χ0n) is 15.4. The first-order chi connectivity index (χ1) is 14.1. The standard InChI is InChI=1S/C21H17FN4O2S/c22-14-8-9-16-15(12-14)20(28)26-21(23-16)29-19(24-26)17-7-4-10-25(17)18(27)11-13-5-2-1-3-6-13/h1-3,5-6,8-9,12,17H,4,7,10-11H2. The fraction of sp³-hybridized carbons (Fsp3) is 0.238. The maximum atomic E-state index is 13.5. The summed E-state index contributed by atoms with van der Waals surface area (Å²) in [6.07, 6.45) is 2.02. The fourth-order valence-corrected chi connectivity index (χ4v) is 4.87. The highest BCUT2D eigenvalue weighted by Crippen LogP contribution is 2.34. The molecule has 6 nitrogen and oxygen atoms in total. The molecule has 1 aliphatic rings. The van der Waals surface area contributed by atoms with E-state index in [2.05, 4.69) is 10.1 Å². The topological polar surface area (TPSA) is 67.6 Å². The SMILES string of the molecule is O=C(Cc1ccccc1)N1CCCC1c1nn2c(=O)c3cc(F)ccc3nc2s1. The molecule has 1 saturated heterocycles. The number of amides is 1. The van der Waals surface area contributed by atoms with Crippen molar-refractivity contribution in [3.05, 3.63) is 75.3 Å². The summed E-state index contributed by atoms with van der Waals surface area (Å²) in [5, 5.41) is 5.34. The molecule has 0 radical (unpaired) electrons. The van der Waals surface area contributed by atoms with Gasteiger partial charge in [0.05, 0.1) is 23.4 Å². The Balaban J connectivity index is 1.50. The number of hydrogen-bond acceptors (Lipinski definition) is 5. The van der Waals surface area contributed by atoms with E-state index in [9.17, 15) is 14.0 Å². The van der Waals surface area contributed by atoms with E-state index in [4.69, 9.17) is 0 Å². The molecular weight excluding hydrogens is 391 g/mol. The van der Waals surface area contributed by atoms with Crippen LogP contribution in [0.2, 0.25) is 0 Å². The van der Waals surface area contributed by atoms with E-state index < -0.39 is 11.4 Å². The number of fused-ring (bicyclic) bond motifs is 2. The number of aromatic nitrogens is 3. The Bertz CT molecular complexity index is 1280. The summed E-state index contributed by atoms with van der Waals surface area (Å²) >= 11 is 1.31. The minimum atomic E-state index is -0.486. The summed E-state index contributed by atoms with van der Waals surface area (Å²) in [5.41, 5.74) is 1.01. The van der Waals surface area contributed by atoms with Crippen molar-refractivity contribution < 1.29 is 9.18 Å². The van der Waals surface area contributed by atoms with Crippen molar-refractivity contribution in [1.29, 1.82) is 0 Å². The van der Waals surface area contributed by atoms with E-state index in [1.54, 1.807) is 0 Å². The molecule has 5 rings (SSSR count). The Morgan fingerprint density at radius 1 is 1.21 bits per heavy atom. The van der Waals surface area contributed by atoms with Gasteiger partial charge in [-0.15, -0.1) is 0 Å². The third-order valence-corrected chi connectivity index (χ3v) is 6.24. The van der Waals surface area contributed by atoms with Crippen LogP contribution in [-0.2, 0) is 11.2 Å². The Hall–Kier alpha value is -3.13. The molecule has 0 bridgehead atoms. The van der Waals surface area contributed by atoms with Crippen LogP contribution in [0.25, 0.3) is 15.9 Å². The van der Waals surface area contributed by atoms with E-state index in [0.717, 1.165) is 18.4 Å². The third-order valence-electron chi connectivity index (χ3n) is 5.23. The lowest BCUT2D eigenvalue weighted by Gasteiger charge is -2.22. The largest absolute Gasteiger partial charge is 0.333 e. The van der Waals surface area contributed by atoms with Gasteiger partial charge in [-0.3, -0.25) is 9.59 Å². The molecule has 0 spiro atoms. The Morgan fingerprint density at radius 2 is 2.03 bits per heavy atom. The lowest BCUT2D eigenvalue weighted by molar-refractivity contribution is -0.131. The monoisotopic (exact) mass is 408 g/mol. The highest BCUT2D eigenvalue weighted by atomic mass is 32.1. The lowest BCUT2D eigenvalue weighted by Crippen LogP contribution is -2.32. The summed E-state index contributed by atoms with van der Waals surface area (Å²) < 4.78 is 14.8. The van der Waals surface area contributed by atoms with Gasteiger partial charge in [0.2, 0.25) is 10.9 Å². The number of carbonyl (C=O) groups is 1. The number of hydrogen-bond donors (Lipinski definition) is 0. The Morgan fingerprint density at radius 3 is 2.86 bits per heavy atom. The minimum absolute atomic E-state index is 0.0468. The number of halogens is 1. The fourth-order valence-electron chi connectivity index (χ4n) is 3.82. The summed E-state index contributed by atoms with van der Waals surface area (Å²) in [7, 11) is 0. The molecule has 146 valence electrons. The van der Waals surface area contributed by atoms with Crippen LogP contribution in [0.3, 0.4) is 0 Å². The smallest absolute Gasteiger partial charge is 0.283 e. The van der Waals surface area contributed by atoms with E-state index in [1.165, 1.54) is 34.1 Å². The van der Waals surface area contributed by atoms with Gasteiger partial charge in [0, 0.05) is 6.54 Å². The maximum Gasteiger partial charge on any atom is 0.283 e. The second-order valence-corrected chi connectivity index (χ2v) is 8.11. The Labute approximate surface area is 169 Å². The molecule has 4 aromatic rings. The van der Waals surface area contributed by atoms with Gasteiger partial charge >= 0.3 is 0 Å². The summed E-state index contributed by atoms with van der Waals surface area (Å²) in [6.45, 7) is 0.668. The molecule has 1 atom stereocenters. The van der Waals surface area contributed by atoms with Crippen LogP contribution < -0.4 is 5.56 Å². The third kappa shape index (κ3) is 3.19. The molecule has 8 heteroatoms. The van der Waals surface area contributed by atoms with Crippen molar-refractivity contribution in [3.8, 4) is 0 Å². The maximum absolute atomic E-state index is 13.5. The molecule has 1 unspecified atom stereocenters. The molecule has 0 N–H and O–H groups in total. The normalized spacial score (nSPS) is 16.7. The predicted molar refractivity (Wildman–Crippen MR) is 108 cm³/mol. The van der Waals surface area contributed by atoms with Crippen molar-refractivity contribution in [2.24, 2.45) is 0 Å². The van der Waals surface area contributed by atoms with Crippen LogP contribution in [0, 0.1) is 5.82 Å². The molecular formula is C21H17FN4O2S. The minimum Gasteiger partial charge on any atom is -0.333 e. The molecule has 0 aliphatic carbocycles. The van der Waals surface area contributed by atoms with Gasteiger partial charge in [0.1, 0.15) is 10.8 Å². The van der Waals surface area contributed by atoms with E-state index in [0.29, 0.717) is 28.5 Å². The Kier molecular flexibility index (Phi) is 4.35. The first kappa shape index (κ1) is 17.9. The number of nitrogens with zero attached hydrogens (tertiary/aromatic N) is 4. The first-order valence-electron chi connectivity index (χ1n) is 9.42. The van der Waals surface area contributed by atoms with Crippen LogP contribution in [0.15, 0.2) is 53.3 Å². The summed E-state index contributed by atoms with van der Waals surface area (Å²) in [6, 6.07) is 13.4. The lowest BCUT2D eigenvalue weighted by atomic mass is 10.1. The van der Waals surface area contributed by atoms with Crippen LogP contribution in [0.4, 0.5) is 4.39 Å². The van der Waals surface area contributed by atoms with Crippen LogP contribution >= 0.6 is 11.3 Å². The highest BCUT2D eigenvalue weighted by Gasteiger charge is 2.32. The summed E-state index contributed by atoms with van der Waals surface area (Å²) in [5.74, 6) is -0.439. The molecule has 2 aromatic heterocycles. The molecule has 0 saturated carbocycles. The zero-order valence-corrected chi connectivity index (χ0v) is 16.2. The summed E-state index contributed by atoms with van der Waals surface area (Å²) in [4.78, 5) is 32.4. The molecule has 1 amide bonds. The van der Waals surface area contributed by atoms with E-state index in [-0.39, 0.29) is 17.3 Å². The van der Waals surface area contributed by atoms with E-state index in [1.807, 2.05) is 35.2 Å². The van der Waals surface area contributed by atoms with Gasteiger partial charge in [-0.2, -0.15) is 9.61 Å². The van der Waals surface area contributed by atoms with Crippen LogP contribution in [0.5, 0.6) is 0 Å². The van der Waals surface area contributed by atoms with Gasteiger partial charge in [-0.05, 0) is 36.6 Å². The van der Waals surface area contributed by atoms with Crippen molar-refractivity contribution >= 4 is 33.1 Å². The van der Waals surface area contributed by atoms with Crippen LogP contribution in [0.1, 0.15) is 29.5 Å². The molecule has 1 fully saturated rings. The average Bonchev–Trinajstić information content (AvgIpc) is 3.36. The first-order valence-corrected chi connectivity index (χ1v) is 10.2. The molecule has 1 aliphatic heterocycles. The van der Waals surface area contributed by atoms with Crippen LogP contribution in [-0.4, -0.2) is 31.9 Å². The second-order valence-electron chi connectivity index (χ2n) is 7.12. The zero-order chi connectivity index (χ0) is 20.0. The average molecular weight is 408 g/mol. The van der Waals surface area contributed by atoms with E-state index >= 15 is 0 Å². The van der Waals surface area contributed by atoms with Crippen molar-refractivity contribution in [3.63, 3.8) is 0 Å².